The van der Waals surface area contributed by atoms with Crippen molar-refractivity contribution in [2.45, 2.75) is 77.1 Å². The highest BCUT2D eigenvalue weighted by molar-refractivity contribution is 5.85. The SMILES string of the molecule is CCCc1cc(O)c(C(c2ccccc2)c2cc(F)c(CCC(F)(F)F)cc2O)cc1F.CCCc1cc2c(cc1F)C(c1ccccc1)=c1cc(F)/c(=C\CC(F)(F)F)cc1O2.[CH3-]. The molecule has 13 heteroatoms. The molecule has 0 aliphatic carbocycles. The van der Waals surface area contributed by atoms with Gasteiger partial charge in [-0.3, -0.25) is 0 Å². The lowest BCUT2D eigenvalue weighted by molar-refractivity contribution is -0.134. The van der Waals surface area contributed by atoms with Gasteiger partial charge in [0.25, 0.3) is 0 Å². The maximum atomic E-state index is 14.7. The number of ether oxygens (including phenoxy) is 1. The first-order chi connectivity index (χ1) is 29.9. The standard InChI is InChI=1S/C25H23F5O2.C25H19F5O.CH3/c1-2-6-16-11-22(31)18(13-20(16)26)24(15-7-4-3-5-8-15)19-14-21(27)17(12-23(19)32)9-10-25(28,29)30;1-2-6-16-11-22-18(13-20(16)26)24(15-7-4-3-5-8-15)19-14-21(27)17(12-23(19)31-22)9-10-25(28,29)30;/h3-5,7-8,11-14,24,31-32H,2,6,9-10H2,1H3;3-5,7-9,11-14H,2,6,10H2,1H3;1H3/q;;-1/b;17-9-;. The van der Waals surface area contributed by atoms with Crippen LogP contribution in [0.5, 0.6) is 23.0 Å². The van der Waals surface area contributed by atoms with E-state index in [-0.39, 0.29) is 46.7 Å². The molecule has 0 radical (unpaired) electrons. The monoisotopic (exact) mass is 895 g/mol. The van der Waals surface area contributed by atoms with Crippen LogP contribution < -0.4 is 15.2 Å². The Morgan fingerprint density at radius 2 is 1.09 bits per heavy atom. The van der Waals surface area contributed by atoms with Gasteiger partial charge in [0.1, 0.15) is 46.3 Å². The summed E-state index contributed by atoms with van der Waals surface area (Å²) in [5.41, 5.74) is 2.99. The van der Waals surface area contributed by atoms with Gasteiger partial charge in [0.15, 0.2) is 0 Å². The van der Waals surface area contributed by atoms with Crippen LogP contribution in [-0.2, 0) is 19.3 Å². The quantitative estimate of drug-likeness (QED) is 0.0773. The lowest BCUT2D eigenvalue weighted by Gasteiger charge is -2.22. The molecule has 1 aliphatic rings. The Balaban J connectivity index is 0.000000237. The molecule has 0 saturated heterocycles. The van der Waals surface area contributed by atoms with Crippen LogP contribution in [0.3, 0.4) is 0 Å². The summed E-state index contributed by atoms with van der Waals surface area (Å²) in [7, 11) is 0. The fourth-order valence-electron chi connectivity index (χ4n) is 7.55. The van der Waals surface area contributed by atoms with Gasteiger partial charge < -0.3 is 22.4 Å². The molecule has 1 atom stereocenters. The van der Waals surface area contributed by atoms with Crippen LogP contribution in [0.4, 0.5) is 43.9 Å². The Kier molecular flexibility index (Phi) is 15.6. The van der Waals surface area contributed by atoms with Crippen LogP contribution in [0.1, 0.15) is 90.0 Å². The third-order valence-electron chi connectivity index (χ3n) is 10.5. The second kappa shape index (κ2) is 20.5. The molecule has 338 valence electrons. The molecule has 0 aromatic heterocycles. The van der Waals surface area contributed by atoms with E-state index in [9.17, 15) is 54.1 Å². The average Bonchev–Trinajstić information content (AvgIpc) is 3.23. The van der Waals surface area contributed by atoms with Crippen LogP contribution in [-0.4, -0.2) is 22.6 Å². The van der Waals surface area contributed by atoms with Gasteiger partial charge in [0, 0.05) is 45.0 Å². The number of aromatic hydroxyl groups is 2. The molecule has 2 N–H and O–H groups in total. The number of aryl methyl sites for hydroxylation is 3. The minimum Gasteiger partial charge on any atom is -0.508 e. The minimum absolute atomic E-state index is 0. The Bertz CT molecular complexity index is 2690. The zero-order valence-electron chi connectivity index (χ0n) is 35.1. The number of hydrogen-bond donors (Lipinski definition) is 2. The van der Waals surface area contributed by atoms with Gasteiger partial charge in [-0.2, -0.15) is 26.3 Å². The molecule has 0 spiro atoms. The van der Waals surface area contributed by atoms with Crippen LogP contribution in [0.2, 0.25) is 0 Å². The molecule has 3 nitrogen and oxygen atoms in total. The molecule has 7 rings (SSSR count). The predicted molar refractivity (Wildman–Crippen MR) is 228 cm³/mol. The average molecular weight is 896 g/mol. The molecule has 0 bridgehead atoms. The highest BCUT2D eigenvalue weighted by Crippen LogP contribution is 2.43. The second-order valence-electron chi connectivity index (χ2n) is 15.1. The van der Waals surface area contributed by atoms with Crippen molar-refractivity contribution in [2.75, 3.05) is 0 Å². The molecule has 6 aromatic rings. The van der Waals surface area contributed by atoms with E-state index in [1.807, 2.05) is 32.0 Å². The molecular formula is C51H45F10O3-. The molecule has 1 unspecified atom stereocenters. The summed E-state index contributed by atoms with van der Waals surface area (Å²) in [6.07, 6.45) is -8.86. The molecule has 0 amide bonds. The highest BCUT2D eigenvalue weighted by Gasteiger charge is 2.30. The van der Waals surface area contributed by atoms with E-state index < -0.39 is 60.7 Å². The van der Waals surface area contributed by atoms with Crippen molar-refractivity contribution in [3.63, 3.8) is 0 Å². The zero-order valence-corrected chi connectivity index (χ0v) is 35.1. The normalized spacial score (nSPS) is 12.9. The molecule has 0 fully saturated rings. The maximum absolute atomic E-state index is 14.7. The number of hydrogen-bond acceptors (Lipinski definition) is 3. The summed E-state index contributed by atoms with van der Waals surface area (Å²) in [4.78, 5) is 0. The fourth-order valence-corrected chi connectivity index (χ4v) is 7.55. The van der Waals surface area contributed by atoms with Crippen molar-refractivity contribution >= 4 is 11.6 Å². The van der Waals surface area contributed by atoms with Crippen molar-refractivity contribution in [1.82, 2.24) is 0 Å². The van der Waals surface area contributed by atoms with Gasteiger partial charge in [-0.25, -0.2) is 17.6 Å². The van der Waals surface area contributed by atoms with Crippen LogP contribution >= 0.6 is 0 Å². The predicted octanol–water partition coefficient (Wildman–Crippen LogP) is 13.5. The number of phenols is 2. The van der Waals surface area contributed by atoms with Crippen molar-refractivity contribution < 1.29 is 58.9 Å². The molecule has 64 heavy (non-hydrogen) atoms. The van der Waals surface area contributed by atoms with Gasteiger partial charge in [-0.05, 0) is 95.6 Å². The number of halogens is 10. The highest BCUT2D eigenvalue weighted by atomic mass is 19.4. The van der Waals surface area contributed by atoms with Gasteiger partial charge in [0.2, 0.25) is 0 Å². The van der Waals surface area contributed by atoms with E-state index in [0.29, 0.717) is 58.1 Å². The van der Waals surface area contributed by atoms with Gasteiger partial charge in [-0.1, -0.05) is 93.4 Å². The van der Waals surface area contributed by atoms with Crippen LogP contribution in [0, 0.1) is 30.7 Å². The number of alkyl halides is 6. The molecular weight excluding hydrogens is 851 g/mol. The summed E-state index contributed by atoms with van der Waals surface area (Å²) in [5.74, 6) is -3.59. The molecule has 0 saturated carbocycles. The fraction of sp³-hybridized carbons (Fsp3) is 0.235. The number of fused-ring (bicyclic) bond motifs is 2. The Labute approximate surface area is 364 Å². The summed E-state index contributed by atoms with van der Waals surface area (Å²) in [5, 5.41) is 21.4. The minimum atomic E-state index is -4.46. The van der Waals surface area contributed by atoms with Crippen molar-refractivity contribution in [1.29, 1.82) is 0 Å². The van der Waals surface area contributed by atoms with Crippen LogP contribution in [0.15, 0.2) is 109 Å². The maximum Gasteiger partial charge on any atom is 0.392 e. The van der Waals surface area contributed by atoms with Crippen LogP contribution in [0.25, 0.3) is 11.6 Å². The number of benzene rings is 6. The van der Waals surface area contributed by atoms with E-state index in [1.54, 1.807) is 48.5 Å². The topological polar surface area (TPSA) is 49.7 Å². The second-order valence-corrected chi connectivity index (χ2v) is 15.1. The van der Waals surface area contributed by atoms with E-state index in [0.717, 1.165) is 42.3 Å². The van der Waals surface area contributed by atoms with Gasteiger partial charge in [0.05, 0.1) is 6.42 Å². The van der Waals surface area contributed by atoms with E-state index in [1.165, 1.54) is 18.2 Å². The summed E-state index contributed by atoms with van der Waals surface area (Å²) in [6, 6.07) is 27.4. The first-order valence-corrected chi connectivity index (χ1v) is 20.2. The van der Waals surface area contributed by atoms with Crippen molar-refractivity contribution in [2.24, 2.45) is 0 Å². The summed E-state index contributed by atoms with van der Waals surface area (Å²) in [6.45, 7) is 3.81. The molecule has 1 aliphatic heterocycles. The zero-order chi connectivity index (χ0) is 45.6. The van der Waals surface area contributed by atoms with E-state index in [2.05, 4.69) is 0 Å². The first-order valence-electron chi connectivity index (χ1n) is 20.2. The van der Waals surface area contributed by atoms with E-state index >= 15 is 0 Å². The largest absolute Gasteiger partial charge is 0.508 e. The Morgan fingerprint density at radius 1 is 0.578 bits per heavy atom. The third kappa shape index (κ3) is 11.7. The van der Waals surface area contributed by atoms with Gasteiger partial charge >= 0.3 is 12.4 Å². The van der Waals surface area contributed by atoms with Crippen molar-refractivity contribution in [3.05, 3.63) is 195 Å². The number of rotatable bonds is 11. The lowest BCUT2D eigenvalue weighted by Crippen LogP contribution is -2.23. The summed E-state index contributed by atoms with van der Waals surface area (Å²) >= 11 is 0. The molecule has 6 aromatic carbocycles. The van der Waals surface area contributed by atoms with E-state index in [4.69, 9.17) is 4.74 Å². The lowest BCUT2D eigenvalue weighted by atomic mass is 9.83. The third-order valence-corrected chi connectivity index (χ3v) is 10.5. The first kappa shape index (κ1) is 48.8. The van der Waals surface area contributed by atoms with Gasteiger partial charge in [-0.15, -0.1) is 0 Å². The summed E-state index contributed by atoms with van der Waals surface area (Å²) < 4.78 is 140. The number of phenolic OH excluding ortho intramolecular Hbond substituents is 2. The smallest absolute Gasteiger partial charge is 0.392 e. The molecule has 1 heterocycles. The van der Waals surface area contributed by atoms with Crippen molar-refractivity contribution in [3.8, 4) is 23.0 Å². The Hall–Kier alpha value is -6.24. The Morgan fingerprint density at radius 3 is 1.62 bits per heavy atom.